The first kappa shape index (κ1) is 11.8. The van der Waals surface area contributed by atoms with Crippen molar-refractivity contribution in [2.24, 2.45) is 10.3 Å². The summed E-state index contributed by atoms with van der Waals surface area (Å²) in [7, 11) is -8.25. The zero-order chi connectivity index (χ0) is 11.9. The Balaban J connectivity index is 3.65. The molecule has 0 radical (unpaired) electrons. The van der Waals surface area contributed by atoms with E-state index in [0.717, 1.165) is 12.4 Å². The average Bonchev–Trinajstić information content (AvgIpc) is 1.99. The number of aromatic nitrogens is 1. The highest BCUT2D eigenvalue weighted by Gasteiger charge is 2.20. The van der Waals surface area contributed by atoms with Crippen LogP contribution < -0.4 is 16.0 Å². The molecule has 1 aromatic heterocycles. The quantitative estimate of drug-likeness (QED) is 0.549. The Bertz CT molecular complexity index is 541. The molecule has 0 aromatic carbocycles. The van der Waals surface area contributed by atoms with Crippen LogP contribution in [0.4, 0.5) is 5.69 Å². The second-order valence-electron chi connectivity index (χ2n) is 2.64. The van der Waals surface area contributed by atoms with Crippen molar-refractivity contribution < 1.29 is 16.8 Å². The number of primary sulfonamides is 2. The summed E-state index contributed by atoms with van der Waals surface area (Å²) in [5.74, 6) is 0. The van der Waals surface area contributed by atoms with Gasteiger partial charge in [-0.1, -0.05) is 0 Å². The molecule has 0 bridgehead atoms. The summed E-state index contributed by atoms with van der Waals surface area (Å²) in [5, 5.41) is 9.57. The second kappa shape index (κ2) is 3.41. The first-order valence-corrected chi connectivity index (χ1v) is 6.52. The molecule has 0 saturated heterocycles. The minimum Gasteiger partial charge on any atom is -0.396 e. The Labute approximate surface area is 86.2 Å². The topological polar surface area (TPSA) is 159 Å². The summed E-state index contributed by atoms with van der Waals surface area (Å²) in [6.07, 6.45) is 1.69. The van der Waals surface area contributed by atoms with Crippen LogP contribution in [0, 0.1) is 0 Å². The highest BCUT2D eigenvalue weighted by molar-refractivity contribution is 7.90. The van der Waals surface area contributed by atoms with Crippen molar-refractivity contribution in [1.82, 2.24) is 4.98 Å². The van der Waals surface area contributed by atoms with Gasteiger partial charge in [0.2, 0.25) is 20.0 Å². The first-order valence-electron chi connectivity index (χ1n) is 3.43. The molecule has 8 nitrogen and oxygen atoms in total. The van der Waals surface area contributed by atoms with Crippen molar-refractivity contribution >= 4 is 25.7 Å². The summed E-state index contributed by atoms with van der Waals surface area (Å²) in [6, 6.07) is 0. The maximum absolute atomic E-state index is 11.0. The minimum absolute atomic E-state index is 0.532. The van der Waals surface area contributed by atoms with Crippen molar-refractivity contribution in [2.45, 2.75) is 9.79 Å². The summed E-state index contributed by atoms with van der Waals surface area (Å²) in [6.45, 7) is 0. The van der Waals surface area contributed by atoms with Crippen molar-refractivity contribution in [3.8, 4) is 0 Å². The average molecular weight is 252 g/mol. The van der Waals surface area contributed by atoms with Crippen molar-refractivity contribution in [2.75, 3.05) is 5.73 Å². The van der Waals surface area contributed by atoms with Crippen molar-refractivity contribution in [1.29, 1.82) is 0 Å². The molecule has 0 saturated carbocycles. The van der Waals surface area contributed by atoms with Crippen LogP contribution in [0.2, 0.25) is 0 Å². The molecule has 0 aliphatic rings. The standard InChI is InChI=1S/C5H8N4O4S2/c6-5-3(14(7,10)11)1-9-2-4(5)15(8,12)13/h1-2H,(H2,6,9)(H2,7,10,11)(H2,8,12,13). The summed E-state index contributed by atoms with van der Waals surface area (Å²) in [4.78, 5) is 2.23. The molecule has 1 aromatic rings. The lowest BCUT2D eigenvalue weighted by atomic mass is 10.4. The van der Waals surface area contributed by atoms with E-state index in [0.29, 0.717) is 0 Å². The Morgan fingerprint density at radius 3 is 1.53 bits per heavy atom. The molecule has 0 aliphatic carbocycles. The monoisotopic (exact) mass is 252 g/mol. The zero-order valence-corrected chi connectivity index (χ0v) is 8.92. The number of pyridine rings is 1. The lowest BCUT2D eigenvalue weighted by molar-refractivity contribution is 0.596. The van der Waals surface area contributed by atoms with Gasteiger partial charge >= 0.3 is 0 Å². The first-order chi connectivity index (χ1) is 6.64. The van der Waals surface area contributed by atoms with Gasteiger partial charge in [-0.2, -0.15) is 0 Å². The maximum Gasteiger partial charge on any atom is 0.241 e. The third kappa shape index (κ3) is 2.41. The molecule has 15 heavy (non-hydrogen) atoms. The van der Waals surface area contributed by atoms with E-state index in [-0.39, 0.29) is 0 Å². The minimum atomic E-state index is -4.12. The predicted octanol–water partition coefficient (Wildman–Crippen LogP) is -2.04. The van der Waals surface area contributed by atoms with Gasteiger partial charge < -0.3 is 5.73 Å². The van der Waals surface area contributed by atoms with E-state index in [2.05, 4.69) is 4.98 Å². The number of nitrogens with zero attached hydrogens (tertiary/aromatic N) is 1. The van der Waals surface area contributed by atoms with Crippen LogP contribution >= 0.6 is 0 Å². The molecular formula is C5H8N4O4S2. The molecule has 0 unspecified atom stereocenters. The fourth-order valence-electron chi connectivity index (χ4n) is 0.887. The van der Waals surface area contributed by atoms with E-state index < -0.39 is 35.5 Å². The lowest BCUT2D eigenvalue weighted by Crippen LogP contribution is -2.19. The van der Waals surface area contributed by atoms with Crippen LogP contribution in [0.25, 0.3) is 0 Å². The van der Waals surface area contributed by atoms with E-state index in [1.54, 1.807) is 0 Å². The van der Waals surface area contributed by atoms with Gasteiger partial charge in [0.05, 0.1) is 5.69 Å². The van der Waals surface area contributed by atoms with Crippen LogP contribution in [0.3, 0.4) is 0 Å². The summed E-state index contributed by atoms with van der Waals surface area (Å²) >= 11 is 0. The fraction of sp³-hybridized carbons (Fsp3) is 0. The number of hydrogen-bond donors (Lipinski definition) is 3. The Morgan fingerprint density at radius 2 is 1.27 bits per heavy atom. The molecule has 1 heterocycles. The van der Waals surface area contributed by atoms with Gasteiger partial charge in [0.15, 0.2) is 0 Å². The number of rotatable bonds is 2. The smallest absolute Gasteiger partial charge is 0.241 e. The largest absolute Gasteiger partial charge is 0.396 e. The predicted molar refractivity (Wildman–Crippen MR) is 51.4 cm³/mol. The zero-order valence-electron chi connectivity index (χ0n) is 7.28. The highest BCUT2D eigenvalue weighted by Crippen LogP contribution is 2.22. The van der Waals surface area contributed by atoms with Crippen LogP contribution in [0.5, 0.6) is 0 Å². The van der Waals surface area contributed by atoms with Gasteiger partial charge in [0, 0.05) is 12.4 Å². The molecule has 0 amide bonds. The van der Waals surface area contributed by atoms with Crippen LogP contribution in [0.1, 0.15) is 0 Å². The maximum atomic E-state index is 11.0. The van der Waals surface area contributed by atoms with E-state index in [4.69, 9.17) is 16.0 Å². The molecule has 0 spiro atoms. The van der Waals surface area contributed by atoms with Gasteiger partial charge in [-0.3, -0.25) is 4.98 Å². The summed E-state index contributed by atoms with van der Waals surface area (Å²) < 4.78 is 43.8. The fourth-order valence-corrected chi connectivity index (χ4v) is 2.20. The SMILES string of the molecule is Nc1c(S(N)(=O)=O)cncc1S(N)(=O)=O. The van der Waals surface area contributed by atoms with Gasteiger partial charge in [0.25, 0.3) is 0 Å². The number of nitrogen functional groups attached to an aromatic ring is 1. The highest BCUT2D eigenvalue weighted by atomic mass is 32.2. The van der Waals surface area contributed by atoms with E-state index in [1.807, 2.05) is 0 Å². The number of anilines is 1. The van der Waals surface area contributed by atoms with E-state index in [9.17, 15) is 16.8 Å². The normalized spacial score (nSPS) is 12.7. The Morgan fingerprint density at radius 1 is 0.933 bits per heavy atom. The molecule has 0 fully saturated rings. The molecule has 1 rings (SSSR count). The third-order valence-electron chi connectivity index (χ3n) is 1.53. The van der Waals surface area contributed by atoms with E-state index in [1.165, 1.54) is 0 Å². The molecule has 10 heteroatoms. The number of nitrogens with two attached hydrogens (primary N) is 3. The molecule has 6 N–H and O–H groups in total. The van der Waals surface area contributed by atoms with Crippen molar-refractivity contribution in [3.63, 3.8) is 0 Å². The Kier molecular flexibility index (Phi) is 2.69. The van der Waals surface area contributed by atoms with Crippen LogP contribution in [-0.2, 0) is 20.0 Å². The van der Waals surface area contributed by atoms with Gasteiger partial charge in [0.1, 0.15) is 9.79 Å². The van der Waals surface area contributed by atoms with Gasteiger partial charge in [-0.05, 0) is 0 Å². The Hall–Kier alpha value is -1.23. The van der Waals surface area contributed by atoms with E-state index >= 15 is 0 Å². The second-order valence-corrected chi connectivity index (χ2v) is 5.70. The van der Waals surface area contributed by atoms with Gasteiger partial charge in [-0.15, -0.1) is 0 Å². The molecular weight excluding hydrogens is 244 g/mol. The number of sulfonamides is 2. The lowest BCUT2D eigenvalue weighted by Gasteiger charge is -2.06. The third-order valence-corrected chi connectivity index (χ3v) is 3.40. The molecule has 0 atom stereocenters. The summed E-state index contributed by atoms with van der Waals surface area (Å²) in [5.41, 5.74) is 4.76. The van der Waals surface area contributed by atoms with Crippen LogP contribution in [-0.4, -0.2) is 21.8 Å². The van der Waals surface area contributed by atoms with Crippen LogP contribution in [0.15, 0.2) is 22.2 Å². The molecule has 0 aliphatic heterocycles. The van der Waals surface area contributed by atoms with Gasteiger partial charge in [-0.25, -0.2) is 27.1 Å². The van der Waals surface area contributed by atoms with Crippen molar-refractivity contribution in [3.05, 3.63) is 12.4 Å². The molecule has 84 valence electrons. The number of hydrogen-bond acceptors (Lipinski definition) is 6.